The summed E-state index contributed by atoms with van der Waals surface area (Å²) in [5, 5.41) is 5.23. The van der Waals surface area contributed by atoms with Gasteiger partial charge in [0.05, 0.1) is 5.69 Å². The third kappa shape index (κ3) is 5.45. The van der Waals surface area contributed by atoms with E-state index in [0.29, 0.717) is 19.5 Å². The number of anilines is 1. The number of amides is 3. The van der Waals surface area contributed by atoms with Crippen molar-refractivity contribution in [3.8, 4) is 0 Å². The van der Waals surface area contributed by atoms with E-state index in [1.807, 2.05) is 68.4 Å². The summed E-state index contributed by atoms with van der Waals surface area (Å²) in [5.74, 6) is -0.170. The number of carbonyl (C=O) groups excluding carboxylic acids is 3. The van der Waals surface area contributed by atoms with Crippen molar-refractivity contribution in [3.05, 3.63) is 77.4 Å². The van der Waals surface area contributed by atoms with Crippen LogP contribution in [-0.4, -0.2) is 41.2 Å². The molecule has 6 nitrogen and oxygen atoms in total. The van der Waals surface area contributed by atoms with E-state index >= 15 is 0 Å². The lowest BCUT2D eigenvalue weighted by Gasteiger charge is -2.31. The molecule has 2 aliphatic rings. The van der Waals surface area contributed by atoms with E-state index in [0.717, 1.165) is 58.8 Å². The molecule has 0 spiro atoms. The van der Waals surface area contributed by atoms with Gasteiger partial charge in [0.15, 0.2) is 0 Å². The molecule has 1 saturated carbocycles. The van der Waals surface area contributed by atoms with Crippen molar-refractivity contribution in [1.29, 1.82) is 0 Å². The van der Waals surface area contributed by atoms with E-state index in [9.17, 15) is 14.4 Å². The first kappa shape index (κ1) is 26.0. The molecule has 198 valence electrons. The van der Waals surface area contributed by atoms with Crippen LogP contribution in [0, 0.1) is 6.92 Å². The van der Waals surface area contributed by atoms with Gasteiger partial charge in [0.2, 0.25) is 11.8 Å². The monoisotopic (exact) mass is 511 g/mol. The quantitative estimate of drug-likeness (QED) is 0.397. The van der Waals surface area contributed by atoms with Crippen LogP contribution in [0.4, 0.5) is 5.69 Å². The maximum atomic E-state index is 13.6. The largest absolute Gasteiger partial charge is 0.352 e. The standard InChI is InChI=1S/C32H37N3O3/c1-22-10-6-11-24(20-22)21-35(23(2)31(37)33-26-14-4-3-5-15-26)29(36)18-9-19-34-28-17-8-13-25-12-7-16-27(30(25)28)32(34)38/h6-8,10-13,16-17,20,23,26H,3-5,9,14-15,18-19,21H2,1-2H3,(H,33,37)/t23-/m0/s1. The van der Waals surface area contributed by atoms with Gasteiger partial charge in [0, 0.05) is 36.5 Å². The third-order valence-corrected chi connectivity index (χ3v) is 7.98. The van der Waals surface area contributed by atoms with Gasteiger partial charge < -0.3 is 15.1 Å². The summed E-state index contributed by atoms with van der Waals surface area (Å²) >= 11 is 0. The zero-order valence-electron chi connectivity index (χ0n) is 22.4. The lowest BCUT2D eigenvalue weighted by Crippen LogP contribution is -2.50. The van der Waals surface area contributed by atoms with Crippen LogP contribution in [0.2, 0.25) is 0 Å². The molecule has 1 heterocycles. The average Bonchev–Trinajstić information content (AvgIpc) is 3.20. The third-order valence-electron chi connectivity index (χ3n) is 7.98. The highest BCUT2D eigenvalue weighted by Gasteiger charge is 2.31. The fraction of sp³-hybridized carbons (Fsp3) is 0.406. The zero-order chi connectivity index (χ0) is 26.6. The molecule has 6 heteroatoms. The molecule has 0 radical (unpaired) electrons. The molecule has 3 aromatic rings. The Morgan fingerprint density at radius 3 is 2.53 bits per heavy atom. The molecule has 1 aliphatic heterocycles. The number of hydrogen-bond acceptors (Lipinski definition) is 3. The van der Waals surface area contributed by atoms with Gasteiger partial charge in [-0.3, -0.25) is 14.4 Å². The minimum atomic E-state index is -0.573. The Morgan fingerprint density at radius 2 is 1.76 bits per heavy atom. The predicted octanol–water partition coefficient (Wildman–Crippen LogP) is 5.75. The SMILES string of the molecule is Cc1cccc(CN(C(=O)CCCN2C(=O)c3cccc4cccc2c34)[C@@H](C)C(=O)NC2CCCCC2)c1. The molecule has 0 aromatic heterocycles. The lowest BCUT2D eigenvalue weighted by molar-refractivity contribution is -0.141. The zero-order valence-corrected chi connectivity index (χ0v) is 22.4. The number of aryl methyl sites for hydroxylation is 1. The minimum Gasteiger partial charge on any atom is -0.352 e. The highest BCUT2D eigenvalue weighted by Crippen LogP contribution is 2.37. The summed E-state index contributed by atoms with van der Waals surface area (Å²) in [6.07, 6.45) is 6.29. The van der Waals surface area contributed by atoms with Crippen LogP contribution < -0.4 is 10.2 Å². The first-order chi connectivity index (χ1) is 18.4. The Balaban J connectivity index is 1.27. The first-order valence-electron chi connectivity index (χ1n) is 13.9. The Bertz CT molecular complexity index is 1340. The highest BCUT2D eigenvalue weighted by molar-refractivity contribution is 6.25. The van der Waals surface area contributed by atoms with Gasteiger partial charge in [-0.05, 0) is 56.2 Å². The summed E-state index contributed by atoms with van der Waals surface area (Å²) < 4.78 is 0. The Hall–Kier alpha value is -3.67. The molecule has 1 atom stereocenters. The molecule has 3 amide bonds. The highest BCUT2D eigenvalue weighted by atomic mass is 16.2. The topological polar surface area (TPSA) is 69.7 Å². The van der Waals surface area contributed by atoms with Crippen LogP contribution in [0.25, 0.3) is 10.8 Å². The van der Waals surface area contributed by atoms with Crippen LogP contribution in [0.15, 0.2) is 60.7 Å². The number of benzene rings is 3. The first-order valence-corrected chi connectivity index (χ1v) is 13.9. The number of hydrogen-bond donors (Lipinski definition) is 1. The summed E-state index contributed by atoms with van der Waals surface area (Å²) in [7, 11) is 0. The molecule has 1 fully saturated rings. The Labute approximate surface area is 225 Å². The number of rotatable bonds is 9. The number of nitrogens with zero attached hydrogens (tertiary/aromatic N) is 2. The molecule has 0 saturated heterocycles. The predicted molar refractivity (Wildman–Crippen MR) is 151 cm³/mol. The fourth-order valence-corrected chi connectivity index (χ4v) is 5.89. The van der Waals surface area contributed by atoms with Crippen LogP contribution in [0.1, 0.15) is 73.4 Å². The van der Waals surface area contributed by atoms with Crippen molar-refractivity contribution in [3.63, 3.8) is 0 Å². The van der Waals surface area contributed by atoms with Crippen molar-refractivity contribution in [1.82, 2.24) is 10.2 Å². The maximum absolute atomic E-state index is 13.6. The molecule has 1 N–H and O–H groups in total. The average molecular weight is 512 g/mol. The summed E-state index contributed by atoms with van der Waals surface area (Å²) in [4.78, 5) is 43.4. The van der Waals surface area contributed by atoms with Gasteiger partial charge in [-0.2, -0.15) is 0 Å². The fourth-order valence-electron chi connectivity index (χ4n) is 5.89. The van der Waals surface area contributed by atoms with E-state index < -0.39 is 6.04 Å². The van der Waals surface area contributed by atoms with Crippen molar-refractivity contribution in [2.75, 3.05) is 11.4 Å². The Kier molecular flexibility index (Phi) is 7.77. The van der Waals surface area contributed by atoms with Crippen molar-refractivity contribution in [2.24, 2.45) is 0 Å². The van der Waals surface area contributed by atoms with E-state index in [1.54, 1.807) is 9.80 Å². The van der Waals surface area contributed by atoms with E-state index in [4.69, 9.17) is 0 Å². The van der Waals surface area contributed by atoms with Gasteiger partial charge in [-0.1, -0.05) is 73.4 Å². The van der Waals surface area contributed by atoms with E-state index in [-0.39, 0.29) is 30.2 Å². The molecule has 0 bridgehead atoms. The number of nitrogens with one attached hydrogen (secondary N) is 1. The minimum absolute atomic E-state index is 0.0129. The molecule has 5 rings (SSSR count). The van der Waals surface area contributed by atoms with Crippen LogP contribution in [0.3, 0.4) is 0 Å². The van der Waals surface area contributed by atoms with E-state index in [1.165, 1.54) is 6.42 Å². The second-order valence-corrected chi connectivity index (χ2v) is 10.8. The van der Waals surface area contributed by atoms with Gasteiger partial charge in [0.25, 0.3) is 5.91 Å². The van der Waals surface area contributed by atoms with Crippen LogP contribution >= 0.6 is 0 Å². The summed E-state index contributed by atoms with van der Waals surface area (Å²) in [6, 6.07) is 19.5. The molecular formula is C32H37N3O3. The van der Waals surface area contributed by atoms with Gasteiger partial charge >= 0.3 is 0 Å². The van der Waals surface area contributed by atoms with Crippen molar-refractivity contribution < 1.29 is 14.4 Å². The van der Waals surface area contributed by atoms with Crippen LogP contribution in [-0.2, 0) is 16.1 Å². The van der Waals surface area contributed by atoms with Crippen LogP contribution in [0.5, 0.6) is 0 Å². The summed E-state index contributed by atoms with van der Waals surface area (Å²) in [6.45, 7) is 4.69. The Morgan fingerprint density at radius 1 is 1.03 bits per heavy atom. The molecule has 3 aromatic carbocycles. The molecule has 1 aliphatic carbocycles. The summed E-state index contributed by atoms with van der Waals surface area (Å²) in [5.41, 5.74) is 3.76. The van der Waals surface area contributed by atoms with Crippen molar-refractivity contribution in [2.45, 2.75) is 77.4 Å². The van der Waals surface area contributed by atoms with E-state index in [2.05, 4.69) is 11.4 Å². The maximum Gasteiger partial charge on any atom is 0.258 e. The smallest absolute Gasteiger partial charge is 0.258 e. The molecular weight excluding hydrogens is 474 g/mol. The van der Waals surface area contributed by atoms with Gasteiger partial charge in [0.1, 0.15) is 6.04 Å². The van der Waals surface area contributed by atoms with Gasteiger partial charge in [-0.15, -0.1) is 0 Å². The van der Waals surface area contributed by atoms with Crippen molar-refractivity contribution >= 4 is 34.2 Å². The second-order valence-electron chi connectivity index (χ2n) is 10.8. The van der Waals surface area contributed by atoms with Gasteiger partial charge in [-0.25, -0.2) is 0 Å². The number of carbonyl (C=O) groups is 3. The second kappa shape index (κ2) is 11.4. The normalized spacial score (nSPS) is 16.1. The molecule has 38 heavy (non-hydrogen) atoms. The lowest BCUT2D eigenvalue weighted by atomic mass is 9.95. The molecule has 0 unspecified atom stereocenters.